The summed E-state index contributed by atoms with van der Waals surface area (Å²) in [6.45, 7) is 2.68. The molecule has 2 aromatic carbocycles. The van der Waals surface area contributed by atoms with Gasteiger partial charge in [0.15, 0.2) is 5.13 Å². The van der Waals surface area contributed by atoms with Crippen molar-refractivity contribution in [3.63, 3.8) is 0 Å². The molecular weight excluding hydrogens is 365 g/mol. The summed E-state index contributed by atoms with van der Waals surface area (Å²) in [6.07, 6.45) is 3.41. The average Bonchev–Trinajstić information content (AvgIpc) is 3.07. The van der Waals surface area contributed by atoms with Crippen molar-refractivity contribution in [3.05, 3.63) is 65.6 Å². The third kappa shape index (κ3) is 3.93. The molecule has 0 saturated carbocycles. The first kappa shape index (κ1) is 17.5. The summed E-state index contributed by atoms with van der Waals surface area (Å²) in [7, 11) is 0. The van der Waals surface area contributed by atoms with Gasteiger partial charge in [0.1, 0.15) is 11.6 Å². The number of carbonyl (C=O) groups excluding carboxylic acids is 1. The lowest BCUT2D eigenvalue weighted by molar-refractivity contribution is 0.256. The third-order valence-corrected chi connectivity index (χ3v) is 5.11. The van der Waals surface area contributed by atoms with E-state index in [0.29, 0.717) is 22.5 Å². The van der Waals surface area contributed by atoms with Crippen LogP contribution in [-0.4, -0.2) is 17.6 Å². The monoisotopic (exact) mass is 383 g/mol. The van der Waals surface area contributed by atoms with E-state index in [0.717, 1.165) is 24.1 Å². The van der Waals surface area contributed by atoms with Crippen LogP contribution in [0.25, 0.3) is 0 Å². The van der Waals surface area contributed by atoms with Crippen LogP contribution in [0.2, 0.25) is 0 Å². The molecule has 1 aromatic heterocycles. The average molecular weight is 383 g/mol. The third-order valence-electron chi connectivity index (χ3n) is 4.32. The number of aryl methyl sites for hydroxylation is 2. The number of aromatic nitrogens is 1. The molecule has 5 nitrogen and oxygen atoms in total. The van der Waals surface area contributed by atoms with Crippen LogP contribution in [-0.2, 0) is 6.42 Å². The topological polar surface area (TPSA) is 54.5 Å². The summed E-state index contributed by atoms with van der Waals surface area (Å²) in [5, 5.41) is 3.74. The molecular formula is C20H18FN3O2S. The van der Waals surface area contributed by atoms with Gasteiger partial charge in [0.2, 0.25) is 5.06 Å². The lowest BCUT2D eigenvalue weighted by atomic mass is 10.0. The van der Waals surface area contributed by atoms with Crippen molar-refractivity contribution >= 4 is 28.2 Å². The highest BCUT2D eigenvalue weighted by molar-refractivity contribution is 7.17. The maximum absolute atomic E-state index is 13.2. The Morgan fingerprint density at radius 1 is 1.30 bits per heavy atom. The molecule has 0 atom stereocenters. The van der Waals surface area contributed by atoms with Gasteiger partial charge in [-0.25, -0.2) is 14.2 Å². The first-order valence-electron chi connectivity index (χ1n) is 8.66. The largest absolute Gasteiger partial charge is 0.445 e. The number of carbonyl (C=O) groups is 1. The number of rotatable bonds is 3. The molecule has 0 spiro atoms. The van der Waals surface area contributed by atoms with Gasteiger partial charge in [-0.3, -0.25) is 10.2 Å². The SMILES string of the molecule is Cc1ccc2c(c1)N(C(=O)Nc1ncc(Oc3cccc(F)c3)s1)CCC2. The molecule has 1 aliphatic heterocycles. The molecule has 2 amide bonds. The van der Waals surface area contributed by atoms with Gasteiger partial charge in [-0.05, 0) is 49.1 Å². The molecule has 0 bridgehead atoms. The highest BCUT2D eigenvalue weighted by atomic mass is 32.1. The van der Waals surface area contributed by atoms with Crippen molar-refractivity contribution in [2.45, 2.75) is 19.8 Å². The van der Waals surface area contributed by atoms with E-state index < -0.39 is 0 Å². The van der Waals surface area contributed by atoms with E-state index in [2.05, 4.69) is 22.4 Å². The van der Waals surface area contributed by atoms with E-state index >= 15 is 0 Å². The fourth-order valence-corrected chi connectivity index (χ4v) is 3.74. The molecule has 0 radical (unpaired) electrons. The number of nitrogens with one attached hydrogen (secondary N) is 1. The smallest absolute Gasteiger partial charge is 0.328 e. The van der Waals surface area contributed by atoms with Crippen molar-refractivity contribution in [2.75, 3.05) is 16.8 Å². The fourth-order valence-electron chi connectivity index (χ4n) is 3.07. The molecule has 0 saturated heterocycles. The Kier molecular flexibility index (Phi) is 4.77. The van der Waals surface area contributed by atoms with Crippen molar-refractivity contribution in [3.8, 4) is 10.8 Å². The second-order valence-corrected chi connectivity index (χ2v) is 7.35. The summed E-state index contributed by atoms with van der Waals surface area (Å²) in [5.41, 5.74) is 3.25. The summed E-state index contributed by atoms with van der Waals surface area (Å²) < 4.78 is 18.8. The highest BCUT2D eigenvalue weighted by Crippen LogP contribution is 2.32. The predicted octanol–water partition coefficient (Wildman–Crippen LogP) is 5.37. The molecule has 3 aromatic rings. The van der Waals surface area contributed by atoms with Crippen LogP contribution < -0.4 is 15.0 Å². The lowest BCUT2D eigenvalue weighted by Gasteiger charge is -2.29. The van der Waals surface area contributed by atoms with Crippen molar-refractivity contribution < 1.29 is 13.9 Å². The van der Waals surface area contributed by atoms with Crippen LogP contribution >= 0.6 is 11.3 Å². The Labute approximate surface area is 160 Å². The van der Waals surface area contributed by atoms with E-state index in [1.54, 1.807) is 17.0 Å². The molecule has 7 heteroatoms. The van der Waals surface area contributed by atoms with E-state index in [-0.39, 0.29) is 11.8 Å². The zero-order chi connectivity index (χ0) is 18.8. The van der Waals surface area contributed by atoms with Gasteiger partial charge in [0.25, 0.3) is 0 Å². The van der Waals surface area contributed by atoms with Crippen LogP contribution in [0.3, 0.4) is 0 Å². The summed E-state index contributed by atoms with van der Waals surface area (Å²) in [5.74, 6) is 0.0153. The molecule has 27 heavy (non-hydrogen) atoms. The van der Waals surface area contributed by atoms with Gasteiger partial charge < -0.3 is 4.74 Å². The standard InChI is InChI=1S/C20H18FN3O2S/c1-13-7-8-14-4-3-9-24(17(14)10-13)20(25)23-19-22-12-18(27-19)26-16-6-2-5-15(21)11-16/h2,5-8,10-12H,3-4,9H2,1H3,(H,22,23,25). The first-order chi connectivity index (χ1) is 13.1. The summed E-state index contributed by atoms with van der Waals surface area (Å²) >= 11 is 1.20. The molecule has 4 rings (SSSR count). The van der Waals surface area contributed by atoms with Gasteiger partial charge in [0.05, 0.1) is 6.20 Å². The van der Waals surface area contributed by atoms with Crippen molar-refractivity contribution in [1.82, 2.24) is 4.98 Å². The maximum Gasteiger partial charge on any atom is 0.328 e. The van der Waals surface area contributed by atoms with Gasteiger partial charge in [-0.1, -0.05) is 29.5 Å². The van der Waals surface area contributed by atoms with Crippen molar-refractivity contribution in [1.29, 1.82) is 0 Å². The number of urea groups is 1. The number of amides is 2. The van der Waals surface area contributed by atoms with Gasteiger partial charge in [-0.15, -0.1) is 0 Å². The van der Waals surface area contributed by atoms with Crippen LogP contribution in [0.4, 0.5) is 20.0 Å². The van der Waals surface area contributed by atoms with Crippen LogP contribution in [0.1, 0.15) is 17.5 Å². The summed E-state index contributed by atoms with van der Waals surface area (Å²) in [4.78, 5) is 18.7. The number of thiazole rings is 1. The number of hydrogen-bond acceptors (Lipinski definition) is 4. The Balaban J connectivity index is 1.47. The molecule has 0 unspecified atom stereocenters. The Hall–Kier alpha value is -2.93. The van der Waals surface area contributed by atoms with Crippen LogP contribution in [0.5, 0.6) is 10.8 Å². The Morgan fingerprint density at radius 3 is 3.04 bits per heavy atom. The number of fused-ring (bicyclic) bond motifs is 1. The van der Waals surface area contributed by atoms with Crippen LogP contribution in [0.15, 0.2) is 48.7 Å². The number of ether oxygens (including phenoxy) is 1. The molecule has 0 fully saturated rings. The minimum absolute atomic E-state index is 0.215. The minimum atomic E-state index is -0.371. The Bertz CT molecular complexity index is 989. The minimum Gasteiger partial charge on any atom is -0.445 e. The van der Waals surface area contributed by atoms with E-state index in [4.69, 9.17) is 4.74 Å². The van der Waals surface area contributed by atoms with E-state index in [9.17, 15) is 9.18 Å². The number of halogens is 1. The molecule has 138 valence electrons. The van der Waals surface area contributed by atoms with Gasteiger partial charge >= 0.3 is 6.03 Å². The zero-order valence-electron chi connectivity index (χ0n) is 14.7. The second-order valence-electron chi connectivity index (χ2n) is 6.36. The van der Waals surface area contributed by atoms with E-state index in [1.165, 1.54) is 35.2 Å². The number of anilines is 2. The first-order valence-corrected chi connectivity index (χ1v) is 9.47. The number of nitrogens with zero attached hydrogens (tertiary/aromatic N) is 2. The summed E-state index contributed by atoms with van der Waals surface area (Å²) in [6, 6.07) is 11.9. The van der Waals surface area contributed by atoms with Gasteiger partial charge in [0, 0.05) is 18.3 Å². The Morgan fingerprint density at radius 2 is 2.19 bits per heavy atom. The molecule has 0 aliphatic carbocycles. The van der Waals surface area contributed by atoms with Gasteiger partial charge in [-0.2, -0.15) is 0 Å². The lowest BCUT2D eigenvalue weighted by Crippen LogP contribution is -2.38. The normalized spacial score (nSPS) is 13.2. The molecule has 1 N–H and O–H groups in total. The highest BCUT2D eigenvalue weighted by Gasteiger charge is 2.23. The molecule has 1 aliphatic rings. The zero-order valence-corrected chi connectivity index (χ0v) is 15.6. The maximum atomic E-state index is 13.2. The van der Waals surface area contributed by atoms with Crippen LogP contribution in [0, 0.1) is 12.7 Å². The van der Waals surface area contributed by atoms with E-state index in [1.807, 2.05) is 13.0 Å². The second kappa shape index (κ2) is 7.36. The quantitative estimate of drug-likeness (QED) is 0.662. The molecule has 2 heterocycles. The van der Waals surface area contributed by atoms with Crippen molar-refractivity contribution in [2.24, 2.45) is 0 Å². The fraction of sp³-hybridized carbons (Fsp3) is 0.200. The predicted molar refractivity (Wildman–Crippen MR) is 104 cm³/mol. The number of benzene rings is 2. The number of hydrogen-bond donors (Lipinski definition) is 1.